The van der Waals surface area contributed by atoms with Gasteiger partial charge in [0.25, 0.3) is 0 Å². The summed E-state index contributed by atoms with van der Waals surface area (Å²) in [7, 11) is 1.56. The molecule has 1 fully saturated rings. The van der Waals surface area contributed by atoms with Crippen molar-refractivity contribution in [1.82, 2.24) is 25.7 Å². The van der Waals surface area contributed by atoms with E-state index >= 15 is 0 Å². The lowest BCUT2D eigenvalue weighted by molar-refractivity contribution is 0.244. The van der Waals surface area contributed by atoms with Gasteiger partial charge in [-0.05, 0) is 60.4 Å². The van der Waals surface area contributed by atoms with Crippen molar-refractivity contribution < 1.29 is 23.1 Å². The molecule has 8 rings (SSSR count). The van der Waals surface area contributed by atoms with E-state index < -0.39 is 17.7 Å². The summed E-state index contributed by atoms with van der Waals surface area (Å²) < 4.78 is 34.6. The maximum Gasteiger partial charge on any atom is 0.324 e. The maximum absolute atomic E-state index is 14.8. The van der Waals surface area contributed by atoms with Crippen LogP contribution in [-0.2, 0) is 0 Å². The summed E-state index contributed by atoms with van der Waals surface area (Å²) in [6.07, 6.45) is 5.43. The lowest BCUT2D eigenvalue weighted by atomic mass is 9.96. The molecular formula is C41H36Cl2F2N8O3. The zero-order valence-corrected chi connectivity index (χ0v) is 31.5. The lowest BCUT2D eigenvalue weighted by Gasteiger charge is -2.22. The Hall–Kier alpha value is -6.18. The van der Waals surface area contributed by atoms with Gasteiger partial charge >= 0.3 is 12.1 Å². The smallest absolute Gasteiger partial charge is 0.324 e. The molecule has 0 radical (unpaired) electrons. The number of benzene rings is 5. The molecule has 6 N–H and O–H groups in total. The van der Waals surface area contributed by atoms with Crippen molar-refractivity contribution in [1.29, 1.82) is 0 Å². The summed E-state index contributed by atoms with van der Waals surface area (Å²) in [6, 6.07) is 28.1. The summed E-state index contributed by atoms with van der Waals surface area (Å²) >= 11 is 12.4. The number of hydrogen-bond donors (Lipinski definition) is 6. The number of nitrogens with zero attached hydrogens (tertiary/aromatic N) is 2. The molecular weight excluding hydrogens is 761 g/mol. The summed E-state index contributed by atoms with van der Waals surface area (Å²) in [5.41, 5.74) is 3.48. The first-order valence-corrected chi connectivity index (χ1v) is 18.6. The van der Waals surface area contributed by atoms with Gasteiger partial charge in [0, 0.05) is 33.6 Å². The zero-order valence-electron chi connectivity index (χ0n) is 30.0. The fourth-order valence-electron chi connectivity index (χ4n) is 6.55. The molecule has 0 atom stereocenters. The average molecular weight is 798 g/mol. The SMILES string of the molecule is COc1ccc(NC(=O)Nc2n[nH]c3c(F)c(Cl)c(-c4ccccc4)cc23)cc1.O=C(Nc1n[nH]c2c(F)c(Cl)c(-c3ccccc3)cc12)NC1CCCCC1. The Labute approximate surface area is 330 Å². The molecule has 286 valence electrons. The molecule has 1 aliphatic carbocycles. The summed E-state index contributed by atoms with van der Waals surface area (Å²) in [4.78, 5) is 24.7. The quantitative estimate of drug-likeness (QED) is 0.0950. The Morgan fingerprint density at radius 1 is 0.679 bits per heavy atom. The number of rotatable bonds is 7. The van der Waals surface area contributed by atoms with Crippen LogP contribution in [-0.4, -0.2) is 45.6 Å². The molecule has 0 saturated heterocycles. The number of carbonyl (C=O) groups is 2. The van der Waals surface area contributed by atoms with Crippen LogP contribution >= 0.6 is 23.2 Å². The van der Waals surface area contributed by atoms with Crippen LogP contribution in [0.25, 0.3) is 44.1 Å². The molecule has 0 aliphatic heterocycles. The van der Waals surface area contributed by atoms with Gasteiger partial charge in [-0.2, -0.15) is 10.2 Å². The monoisotopic (exact) mass is 796 g/mol. The van der Waals surface area contributed by atoms with Crippen molar-refractivity contribution >= 4 is 74.4 Å². The molecule has 2 aromatic heterocycles. The first-order chi connectivity index (χ1) is 27.2. The van der Waals surface area contributed by atoms with E-state index in [1.54, 1.807) is 43.5 Å². The highest BCUT2D eigenvalue weighted by molar-refractivity contribution is 6.35. The second-order valence-electron chi connectivity index (χ2n) is 13.1. The molecule has 5 aromatic carbocycles. The normalized spacial score (nSPS) is 12.8. The number of nitrogens with one attached hydrogen (secondary N) is 6. The van der Waals surface area contributed by atoms with Crippen LogP contribution in [0.1, 0.15) is 32.1 Å². The Bertz CT molecular complexity index is 2490. The summed E-state index contributed by atoms with van der Waals surface area (Å²) in [5.74, 6) is -0.0553. The van der Waals surface area contributed by atoms with Crippen molar-refractivity contribution in [3.63, 3.8) is 0 Å². The molecule has 0 unspecified atom stereocenters. The lowest BCUT2D eigenvalue weighted by Crippen LogP contribution is -2.39. The van der Waals surface area contributed by atoms with E-state index in [1.165, 1.54) is 6.42 Å². The number of aromatic nitrogens is 4. The highest BCUT2D eigenvalue weighted by Gasteiger charge is 2.22. The van der Waals surface area contributed by atoms with Crippen molar-refractivity contribution in [3.05, 3.63) is 119 Å². The molecule has 1 saturated carbocycles. The minimum Gasteiger partial charge on any atom is -0.497 e. The predicted molar refractivity (Wildman–Crippen MR) is 218 cm³/mol. The second kappa shape index (κ2) is 17.1. The fraction of sp³-hybridized carbons (Fsp3) is 0.171. The third-order valence-corrected chi connectivity index (χ3v) is 10.1. The zero-order chi connectivity index (χ0) is 39.2. The number of carbonyl (C=O) groups excluding carboxylic acids is 2. The van der Waals surface area contributed by atoms with Crippen LogP contribution in [0.15, 0.2) is 97.1 Å². The Balaban J connectivity index is 0.000000172. The van der Waals surface area contributed by atoms with Crippen molar-refractivity contribution in [2.45, 2.75) is 38.1 Å². The number of H-pyrrole nitrogens is 2. The van der Waals surface area contributed by atoms with E-state index in [-0.39, 0.29) is 44.8 Å². The van der Waals surface area contributed by atoms with Crippen LogP contribution in [0, 0.1) is 11.6 Å². The van der Waals surface area contributed by atoms with Gasteiger partial charge in [-0.25, -0.2) is 18.4 Å². The third-order valence-electron chi connectivity index (χ3n) is 9.40. The molecule has 56 heavy (non-hydrogen) atoms. The van der Waals surface area contributed by atoms with Gasteiger partial charge in [-0.3, -0.25) is 20.8 Å². The standard InChI is InChI=1S/C21H16ClFN4O2.C20H20ClFN4O/c1-29-14-9-7-13(8-10-14)24-21(28)25-20-16-11-15(12-5-3-2-4-6-12)17(22)18(23)19(16)26-27-20;21-16-14(12-7-3-1-4-8-12)11-15-18(17(16)22)25-26-19(15)24-20(27)23-13-9-5-2-6-10-13/h2-11H,1H3,(H3,24,25,26,27,28);1,3-4,7-8,11,13H,2,5-6,9-10H2,(H3,23,24,25,26,27). The van der Waals surface area contributed by atoms with Gasteiger partial charge in [0.05, 0.1) is 17.2 Å². The van der Waals surface area contributed by atoms with Gasteiger partial charge in [0.1, 0.15) is 16.8 Å². The topological polar surface area (TPSA) is 149 Å². The summed E-state index contributed by atoms with van der Waals surface area (Å²) in [6.45, 7) is 0. The number of urea groups is 2. The van der Waals surface area contributed by atoms with Crippen molar-refractivity contribution in [2.24, 2.45) is 0 Å². The fourth-order valence-corrected chi connectivity index (χ4v) is 7.07. The molecule has 2 heterocycles. The molecule has 15 heteroatoms. The van der Waals surface area contributed by atoms with Crippen LogP contribution in [0.5, 0.6) is 5.75 Å². The minimum atomic E-state index is -0.626. The molecule has 7 aromatic rings. The van der Waals surface area contributed by atoms with E-state index in [2.05, 4.69) is 41.7 Å². The van der Waals surface area contributed by atoms with Crippen molar-refractivity contribution in [3.8, 4) is 28.0 Å². The summed E-state index contributed by atoms with van der Waals surface area (Å²) in [5, 5.41) is 25.3. The Morgan fingerprint density at radius 3 is 1.64 bits per heavy atom. The van der Waals surface area contributed by atoms with Crippen LogP contribution < -0.4 is 26.0 Å². The number of hydrogen-bond acceptors (Lipinski definition) is 5. The number of methoxy groups -OCH3 is 1. The second-order valence-corrected chi connectivity index (χ2v) is 13.8. The van der Waals surface area contributed by atoms with Crippen LogP contribution in [0.2, 0.25) is 10.0 Å². The van der Waals surface area contributed by atoms with Crippen molar-refractivity contribution in [2.75, 3.05) is 23.1 Å². The molecule has 0 bridgehead atoms. The third kappa shape index (κ3) is 8.38. The van der Waals surface area contributed by atoms with Gasteiger partial charge < -0.3 is 15.4 Å². The van der Waals surface area contributed by atoms with Gasteiger partial charge in [-0.15, -0.1) is 0 Å². The first-order valence-electron chi connectivity index (χ1n) is 17.8. The van der Waals surface area contributed by atoms with E-state index in [0.717, 1.165) is 36.8 Å². The number of amides is 4. The van der Waals surface area contributed by atoms with E-state index in [0.29, 0.717) is 33.3 Å². The van der Waals surface area contributed by atoms with Crippen LogP contribution in [0.3, 0.4) is 0 Å². The van der Waals surface area contributed by atoms with Gasteiger partial charge in [-0.1, -0.05) is 103 Å². The molecule has 1 aliphatic rings. The largest absolute Gasteiger partial charge is 0.497 e. The molecule has 11 nitrogen and oxygen atoms in total. The van der Waals surface area contributed by atoms with E-state index in [4.69, 9.17) is 27.9 Å². The number of halogens is 4. The number of anilines is 3. The van der Waals surface area contributed by atoms with E-state index in [1.807, 2.05) is 60.7 Å². The molecule has 0 spiro atoms. The number of fused-ring (bicyclic) bond motifs is 2. The van der Waals surface area contributed by atoms with Gasteiger partial charge in [0.15, 0.2) is 23.3 Å². The van der Waals surface area contributed by atoms with E-state index in [9.17, 15) is 18.4 Å². The number of aromatic amines is 2. The number of ether oxygens (including phenoxy) is 1. The molecule has 4 amide bonds. The van der Waals surface area contributed by atoms with Crippen LogP contribution in [0.4, 0.5) is 35.7 Å². The Morgan fingerprint density at radius 2 is 1.16 bits per heavy atom. The maximum atomic E-state index is 14.8. The minimum absolute atomic E-state index is 0.0124. The van der Waals surface area contributed by atoms with Gasteiger partial charge in [0.2, 0.25) is 0 Å². The Kier molecular flexibility index (Phi) is 11.6. The predicted octanol–water partition coefficient (Wildman–Crippen LogP) is 11.2. The first kappa shape index (κ1) is 38.1. The highest BCUT2D eigenvalue weighted by atomic mass is 35.5. The highest BCUT2D eigenvalue weighted by Crippen LogP contribution is 2.38. The average Bonchev–Trinajstić information content (AvgIpc) is 3.82.